The molecule has 4 aromatic rings. The van der Waals surface area contributed by atoms with Crippen molar-refractivity contribution in [3.05, 3.63) is 83.4 Å². The molecule has 4 N–H and O–H groups in total. The van der Waals surface area contributed by atoms with Crippen LogP contribution >= 0.6 is 0 Å². The maximum Gasteiger partial charge on any atom is 0.424 e. The van der Waals surface area contributed by atoms with Gasteiger partial charge in [0.1, 0.15) is 29.4 Å². The second-order valence-electron chi connectivity index (χ2n) is 9.74. The molecule has 2 aromatic carbocycles. The Morgan fingerprint density at radius 2 is 1.93 bits per heavy atom. The van der Waals surface area contributed by atoms with E-state index in [0.29, 0.717) is 10.9 Å². The summed E-state index contributed by atoms with van der Waals surface area (Å²) in [4.78, 5) is 21.3. The molecule has 0 fully saturated rings. The molecule has 1 amide bonds. The number of amides is 1. The van der Waals surface area contributed by atoms with Crippen molar-refractivity contribution in [3.8, 4) is 22.8 Å². The van der Waals surface area contributed by atoms with Crippen LogP contribution in [0.25, 0.3) is 22.2 Å². The van der Waals surface area contributed by atoms with Gasteiger partial charge in [-0.1, -0.05) is 6.07 Å². The third-order valence-electron chi connectivity index (χ3n) is 6.77. The number of carbonyl (C=O) groups is 1. The quantitative estimate of drug-likeness (QED) is 0.305. The van der Waals surface area contributed by atoms with Crippen LogP contribution < -0.4 is 20.5 Å². The summed E-state index contributed by atoms with van der Waals surface area (Å²) < 4.78 is 68.1. The number of methoxy groups -OCH3 is 1. The molecule has 40 heavy (non-hydrogen) atoms. The first-order valence-corrected chi connectivity index (χ1v) is 12.1. The summed E-state index contributed by atoms with van der Waals surface area (Å²) >= 11 is 0. The fraction of sp³-hybridized carbons (Fsp3) is 0.250. The van der Waals surface area contributed by atoms with Crippen molar-refractivity contribution in [2.24, 2.45) is 5.73 Å². The fourth-order valence-corrected chi connectivity index (χ4v) is 4.51. The number of nitrogens with one attached hydrogen (secondary N) is 1. The van der Waals surface area contributed by atoms with E-state index in [4.69, 9.17) is 15.2 Å². The number of pyridine rings is 2. The number of aliphatic hydroxyl groups is 1. The number of aromatic nitrogens is 2. The van der Waals surface area contributed by atoms with Gasteiger partial charge in [-0.2, -0.15) is 13.2 Å². The molecule has 0 saturated heterocycles. The number of fused-ring (bicyclic) bond motifs is 2. The SMILES string of the molecule is COc1cc(C(=O)NCC(O)(c2cc3c(c(-c4ccc(F)cc4)n2)OCC3(C)N)C(F)(F)F)cc2cccnc12. The van der Waals surface area contributed by atoms with Crippen molar-refractivity contribution < 1.29 is 36.9 Å². The Bertz CT molecular complexity index is 1610. The van der Waals surface area contributed by atoms with Crippen LogP contribution in [0.1, 0.15) is 28.5 Å². The molecule has 8 nitrogen and oxygen atoms in total. The molecule has 0 saturated carbocycles. The average Bonchev–Trinajstić information content (AvgIpc) is 3.24. The number of carbonyl (C=O) groups excluding carboxylic acids is 1. The number of hydrogen-bond acceptors (Lipinski definition) is 7. The third kappa shape index (κ3) is 4.69. The predicted molar refractivity (Wildman–Crippen MR) is 137 cm³/mol. The van der Waals surface area contributed by atoms with Gasteiger partial charge in [-0.25, -0.2) is 9.37 Å². The first-order valence-electron chi connectivity index (χ1n) is 12.1. The predicted octanol–water partition coefficient (Wildman–Crippen LogP) is 4.19. The highest BCUT2D eigenvalue weighted by molar-refractivity contribution is 5.99. The number of nitrogens with zero attached hydrogens (tertiary/aromatic N) is 2. The van der Waals surface area contributed by atoms with Crippen LogP contribution in [0.2, 0.25) is 0 Å². The number of halogens is 4. The lowest BCUT2D eigenvalue weighted by Crippen LogP contribution is -2.51. The largest absolute Gasteiger partial charge is 0.494 e. The molecule has 0 bridgehead atoms. The summed E-state index contributed by atoms with van der Waals surface area (Å²) in [6.07, 6.45) is -3.73. The van der Waals surface area contributed by atoms with Gasteiger partial charge in [-0.3, -0.25) is 9.78 Å². The van der Waals surface area contributed by atoms with Gasteiger partial charge < -0.3 is 25.6 Å². The van der Waals surface area contributed by atoms with Crippen LogP contribution in [0.3, 0.4) is 0 Å². The summed E-state index contributed by atoms with van der Waals surface area (Å²) in [5, 5.41) is 13.8. The highest BCUT2D eigenvalue weighted by Gasteiger charge is 2.57. The molecule has 1 aliphatic heterocycles. The Hall–Kier alpha value is -4.29. The van der Waals surface area contributed by atoms with Crippen LogP contribution in [-0.2, 0) is 11.1 Å². The van der Waals surface area contributed by atoms with E-state index >= 15 is 0 Å². The Kier molecular flexibility index (Phi) is 6.63. The maximum absolute atomic E-state index is 14.5. The summed E-state index contributed by atoms with van der Waals surface area (Å²) in [7, 11) is 1.38. The van der Waals surface area contributed by atoms with Gasteiger partial charge in [-0.05, 0) is 55.5 Å². The van der Waals surface area contributed by atoms with Gasteiger partial charge in [0.15, 0.2) is 5.75 Å². The molecule has 12 heteroatoms. The van der Waals surface area contributed by atoms with E-state index in [2.05, 4.69) is 15.3 Å². The zero-order valence-corrected chi connectivity index (χ0v) is 21.3. The first-order chi connectivity index (χ1) is 18.8. The van der Waals surface area contributed by atoms with Crippen LogP contribution in [0, 0.1) is 5.82 Å². The van der Waals surface area contributed by atoms with Crippen molar-refractivity contribution >= 4 is 16.8 Å². The van der Waals surface area contributed by atoms with Crippen molar-refractivity contribution in [2.75, 3.05) is 20.3 Å². The molecule has 5 rings (SSSR count). The van der Waals surface area contributed by atoms with Gasteiger partial charge in [0.05, 0.1) is 24.9 Å². The van der Waals surface area contributed by atoms with Gasteiger partial charge in [-0.15, -0.1) is 0 Å². The number of ether oxygens (including phenoxy) is 2. The van der Waals surface area contributed by atoms with Gasteiger partial charge >= 0.3 is 6.18 Å². The summed E-state index contributed by atoms with van der Waals surface area (Å²) in [6.45, 7) is 0.244. The normalized spacial score (nSPS) is 18.1. The van der Waals surface area contributed by atoms with E-state index in [-0.39, 0.29) is 40.5 Å². The van der Waals surface area contributed by atoms with E-state index in [1.807, 2.05) is 0 Å². The highest BCUT2D eigenvalue weighted by atomic mass is 19.4. The molecule has 2 atom stereocenters. The zero-order chi connectivity index (χ0) is 28.9. The lowest BCUT2D eigenvalue weighted by molar-refractivity contribution is -0.265. The highest BCUT2D eigenvalue weighted by Crippen LogP contribution is 2.46. The van der Waals surface area contributed by atoms with E-state index < -0.39 is 41.3 Å². The van der Waals surface area contributed by atoms with E-state index in [9.17, 15) is 27.5 Å². The lowest BCUT2D eigenvalue weighted by Gasteiger charge is -2.31. The van der Waals surface area contributed by atoms with Crippen LogP contribution in [0.4, 0.5) is 17.6 Å². The monoisotopic (exact) mass is 556 g/mol. The smallest absolute Gasteiger partial charge is 0.424 e. The molecule has 1 aliphatic rings. The van der Waals surface area contributed by atoms with Crippen molar-refractivity contribution in [3.63, 3.8) is 0 Å². The number of nitrogens with two attached hydrogens (primary N) is 1. The van der Waals surface area contributed by atoms with E-state index in [1.165, 1.54) is 37.6 Å². The maximum atomic E-state index is 14.5. The molecular formula is C28H24F4N4O4. The minimum Gasteiger partial charge on any atom is -0.494 e. The van der Waals surface area contributed by atoms with Crippen LogP contribution in [0.5, 0.6) is 11.5 Å². The van der Waals surface area contributed by atoms with Crippen LogP contribution in [-0.4, -0.2) is 47.4 Å². The second kappa shape index (κ2) is 9.72. The minimum absolute atomic E-state index is 0.00118. The van der Waals surface area contributed by atoms with E-state index in [1.54, 1.807) is 19.1 Å². The van der Waals surface area contributed by atoms with Crippen molar-refractivity contribution in [2.45, 2.75) is 24.2 Å². The Morgan fingerprint density at radius 3 is 2.60 bits per heavy atom. The molecular weight excluding hydrogens is 532 g/mol. The first kappa shape index (κ1) is 27.3. The second-order valence-corrected chi connectivity index (χ2v) is 9.74. The standard InChI is InChI=1S/C28H24F4N4O4/c1-26(33)14-40-24-19(26)12-21(36-23(24)15-5-7-18(29)8-6-15)27(38,28(30,31)32)13-35-25(37)17-10-16-4-3-9-34-22(16)20(11-17)39-2/h3-12,38H,13-14,33H2,1-2H3,(H,35,37). The van der Waals surface area contributed by atoms with Crippen molar-refractivity contribution in [1.29, 1.82) is 0 Å². The zero-order valence-electron chi connectivity index (χ0n) is 21.3. The molecule has 0 spiro atoms. The third-order valence-corrected chi connectivity index (χ3v) is 6.77. The topological polar surface area (TPSA) is 120 Å². The number of alkyl halides is 3. The molecule has 0 radical (unpaired) electrons. The summed E-state index contributed by atoms with van der Waals surface area (Å²) in [5.41, 5.74) is 1.51. The molecule has 2 unspecified atom stereocenters. The Morgan fingerprint density at radius 1 is 1.20 bits per heavy atom. The molecule has 208 valence electrons. The minimum atomic E-state index is -5.27. The summed E-state index contributed by atoms with van der Waals surface area (Å²) in [6, 6.07) is 12.0. The Labute approximate surface area is 225 Å². The number of rotatable bonds is 6. The molecule has 3 heterocycles. The fourth-order valence-electron chi connectivity index (χ4n) is 4.51. The average molecular weight is 557 g/mol. The lowest BCUT2D eigenvalue weighted by atomic mass is 9.89. The van der Waals surface area contributed by atoms with E-state index in [0.717, 1.165) is 18.2 Å². The van der Waals surface area contributed by atoms with Crippen LogP contribution in [0.15, 0.2) is 60.8 Å². The molecule has 0 aliphatic carbocycles. The number of benzene rings is 2. The van der Waals surface area contributed by atoms with Gasteiger partial charge in [0, 0.05) is 28.3 Å². The molecule has 2 aromatic heterocycles. The van der Waals surface area contributed by atoms with Crippen molar-refractivity contribution in [1.82, 2.24) is 15.3 Å². The Balaban J connectivity index is 1.56. The summed E-state index contributed by atoms with van der Waals surface area (Å²) in [5.74, 6) is -1.07. The number of hydrogen-bond donors (Lipinski definition) is 3. The van der Waals surface area contributed by atoms with Gasteiger partial charge in [0.25, 0.3) is 5.91 Å². The van der Waals surface area contributed by atoms with Gasteiger partial charge in [0.2, 0.25) is 5.60 Å².